The zero-order valence-corrected chi connectivity index (χ0v) is 19.6. The maximum atomic E-state index is 13.2. The molecule has 1 saturated carbocycles. The Hall–Kier alpha value is -3.24. The molecule has 33 heavy (non-hydrogen) atoms. The lowest BCUT2D eigenvalue weighted by Crippen LogP contribution is -2.33. The van der Waals surface area contributed by atoms with Crippen LogP contribution in [0, 0.1) is 13.8 Å². The minimum Gasteiger partial charge on any atom is -0.348 e. The van der Waals surface area contributed by atoms with Crippen LogP contribution in [0.25, 0.3) is 33.2 Å². The molecule has 4 aromatic rings. The van der Waals surface area contributed by atoms with Gasteiger partial charge in [-0.1, -0.05) is 42.6 Å². The molecule has 5 rings (SSSR count). The molecular weight excluding hydrogens is 430 g/mol. The highest BCUT2D eigenvalue weighted by molar-refractivity contribution is 6.33. The van der Waals surface area contributed by atoms with Crippen LogP contribution in [0.3, 0.4) is 0 Å². The molecule has 166 valence electrons. The molecule has 1 N–H and O–H groups in total. The van der Waals surface area contributed by atoms with E-state index < -0.39 is 0 Å². The van der Waals surface area contributed by atoms with E-state index in [4.69, 9.17) is 16.6 Å². The Morgan fingerprint density at radius 3 is 2.45 bits per heavy atom. The average molecular weight is 456 g/mol. The molecule has 2 aromatic heterocycles. The number of aryl methyl sites for hydroxylation is 2. The molecule has 2 aromatic carbocycles. The van der Waals surface area contributed by atoms with Gasteiger partial charge in [0.2, 0.25) is 0 Å². The molecule has 0 unspecified atom stereocenters. The first-order valence-electron chi connectivity index (χ1n) is 11.4. The third-order valence-corrected chi connectivity index (χ3v) is 6.93. The first kappa shape index (κ1) is 21.6. The summed E-state index contributed by atoms with van der Waals surface area (Å²) in [6, 6.07) is 16.0. The second-order valence-corrected chi connectivity index (χ2v) is 9.22. The number of carbonyl (C=O) groups excluding carboxylic acids is 1. The second-order valence-electron chi connectivity index (χ2n) is 8.81. The number of fused-ring (bicyclic) bond motifs is 1. The summed E-state index contributed by atoms with van der Waals surface area (Å²) < 4.78 is 0. The fourth-order valence-corrected chi connectivity index (χ4v) is 5.30. The van der Waals surface area contributed by atoms with E-state index >= 15 is 0 Å². The summed E-state index contributed by atoms with van der Waals surface area (Å²) in [4.78, 5) is 22.1. The Kier molecular flexibility index (Phi) is 5.86. The molecule has 1 fully saturated rings. The van der Waals surface area contributed by atoms with Gasteiger partial charge in [0, 0.05) is 34.4 Å². The van der Waals surface area contributed by atoms with Gasteiger partial charge in [0.05, 0.1) is 5.52 Å². The predicted molar refractivity (Wildman–Crippen MR) is 135 cm³/mol. The molecule has 0 atom stereocenters. The number of halogens is 1. The lowest BCUT2D eigenvalue weighted by molar-refractivity contribution is 0.0933. The van der Waals surface area contributed by atoms with Crippen molar-refractivity contribution in [1.29, 1.82) is 0 Å². The number of carbonyl (C=O) groups is 1. The average Bonchev–Trinajstić information content (AvgIpc) is 3.32. The van der Waals surface area contributed by atoms with Crippen molar-refractivity contribution in [3.63, 3.8) is 0 Å². The van der Waals surface area contributed by atoms with Crippen molar-refractivity contribution < 1.29 is 4.79 Å². The molecule has 1 aliphatic carbocycles. The van der Waals surface area contributed by atoms with Crippen molar-refractivity contribution in [1.82, 2.24) is 15.3 Å². The van der Waals surface area contributed by atoms with Crippen LogP contribution in [-0.2, 0) is 0 Å². The van der Waals surface area contributed by atoms with Crippen LogP contribution < -0.4 is 5.32 Å². The number of nitrogens with one attached hydrogen (secondary N) is 1. The molecule has 5 heteroatoms. The van der Waals surface area contributed by atoms with Crippen LogP contribution in [0.2, 0.25) is 5.02 Å². The van der Waals surface area contributed by atoms with Crippen molar-refractivity contribution in [2.45, 2.75) is 45.6 Å². The van der Waals surface area contributed by atoms with Crippen molar-refractivity contribution in [3.8, 4) is 22.3 Å². The molecule has 1 amide bonds. The molecule has 0 radical (unpaired) electrons. The van der Waals surface area contributed by atoms with Gasteiger partial charge in [0.25, 0.3) is 5.91 Å². The summed E-state index contributed by atoms with van der Waals surface area (Å²) in [6.07, 6.45) is 8.01. The molecular formula is C28H26ClN3O. The van der Waals surface area contributed by atoms with Gasteiger partial charge in [-0.15, -0.1) is 0 Å². The van der Waals surface area contributed by atoms with Gasteiger partial charge in [-0.05, 0) is 84.8 Å². The smallest absolute Gasteiger partial charge is 0.270 e. The third kappa shape index (κ3) is 4.11. The van der Waals surface area contributed by atoms with E-state index in [1.807, 2.05) is 54.9 Å². The SMILES string of the molecule is Cc1cc2nc(C(=O)NC3CCCC3)cc(-c3ccccc3Cl)c2c(C)c1-c1ccncc1. The fraction of sp³-hybridized carbons (Fsp3) is 0.250. The first-order chi connectivity index (χ1) is 16.0. The molecule has 1 aliphatic rings. The Morgan fingerprint density at radius 2 is 1.73 bits per heavy atom. The summed E-state index contributed by atoms with van der Waals surface area (Å²) in [5, 5.41) is 4.84. The summed E-state index contributed by atoms with van der Waals surface area (Å²) in [6.45, 7) is 4.20. The number of aromatic nitrogens is 2. The highest BCUT2D eigenvalue weighted by Gasteiger charge is 2.22. The van der Waals surface area contributed by atoms with E-state index in [1.165, 1.54) is 0 Å². The van der Waals surface area contributed by atoms with E-state index in [-0.39, 0.29) is 11.9 Å². The predicted octanol–water partition coefficient (Wildman–Crippen LogP) is 6.91. The number of benzene rings is 2. The van der Waals surface area contributed by atoms with Crippen molar-refractivity contribution >= 4 is 28.4 Å². The Balaban J connectivity index is 1.75. The summed E-state index contributed by atoms with van der Waals surface area (Å²) in [5.41, 5.74) is 7.54. The Bertz CT molecular complexity index is 1340. The number of rotatable bonds is 4. The van der Waals surface area contributed by atoms with Crippen LogP contribution in [0.15, 0.2) is 60.9 Å². The van der Waals surface area contributed by atoms with Crippen LogP contribution in [-0.4, -0.2) is 21.9 Å². The monoisotopic (exact) mass is 455 g/mol. The van der Waals surface area contributed by atoms with Crippen LogP contribution >= 0.6 is 11.6 Å². The minimum atomic E-state index is -0.120. The molecule has 0 bridgehead atoms. The van der Waals surface area contributed by atoms with Crippen molar-refractivity contribution in [2.24, 2.45) is 0 Å². The summed E-state index contributed by atoms with van der Waals surface area (Å²) in [5.74, 6) is -0.120. The van der Waals surface area contributed by atoms with Gasteiger partial charge in [-0.2, -0.15) is 0 Å². The van der Waals surface area contributed by atoms with Crippen LogP contribution in [0.5, 0.6) is 0 Å². The zero-order chi connectivity index (χ0) is 22.9. The van der Waals surface area contributed by atoms with E-state index in [2.05, 4.69) is 30.2 Å². The third-order valence-electron chi connectivity index (χ3n) is 6.60. The lowest BCUT2D eigenvalue weighted by Gasteiger charge is -2.18. The molecule has 0 saturated heterocycles. The number of amides is 1. The highest BCUT2D eigenvalue weighted by atomic mass is 35.5. The highest BCUT2D eigenvalue weighted by Crippen LogP contribution is 2.40. The summed E-state index contributed by atoms with van der Waals surface area (Å²) >= 11 is 6.64. The maximum Gasteiger partial charge on any atom is 0.270 e. The maximum absolute atomic E-state index is 13.2. The normalized spacial score (nSPS) is 14.0. The molecule has 4 nitrogen and oxygen atoms in total. The summed E-state index contributed by atoms with van der Waals surface area (Å²) in [7, 11) is 0. The fourth-order valence-electron chi connectivity index (χ4n) is 5.06. The number of hydrogen-bond acceptors (Lipinski definition) is 3. The molecule has 0 spiro atoms. The van der Waals surface area contributed by atoms with E-state index in [0.717, 1.165) is 70.0 Å². The zero-order valence-electron chi connectivity index (χ0n) is 18.9. The van der Waals surface area contributed by atoms with Crippen molar-refractivity contribution in [3.05, 3.63) is 82.8 Å². The Labute approximate surface area is 199 Å². The second kappa shape index (κ2) is 8.95. The standard InChI is InChI=1S/C28H26ClN3O/c1-17-15-24-27(18(2)26(17)19-11-13-30-14-12-19)22(21-9-5-6-10-23(21)29)16-25(32-24)28(33)31-20-7-3-4-8-20/h5-6,9-16,20H,3-4,7-8H2,1-2H3,(H,31,33). The van der Waals surface area contributed by atoms with Crippen LogP contribution in [0.4, 0.5) is 0 Å². The number of nitrogens with zero attached hydrogens (tertiary/aromatic N) is 2. The van der Waals surface area contributed by atoms with Gasteiger partial charge in [-0.3, -0.25) is 9.78 Å². The Morgan fingerprint density at radius 1 is 1.00 bits per heavy atom. The molecule has 0 aliphatic heterocycles. The van der Waals surface area contributed by atoms with E-state index in [0.29, 0.717) is 10.7 Å². The van der Waals surface area contributed by atoms with Crippen LogP contribution in [0.1, 0.15) is 47.3 Å². The van der Waals surface area contributed by atoms with E-state index in [1.54, 1.807) is 0 Å². The largest absolute Gasteiger partial charge is 0.348 e. The minimum absolute atomic E-state index is 0.120. The van der Waals surface area contributed by atoms with E-state index in [9.17, 15) is 4.79 Å². The van der Waals surface area contributed by atoms with Gasteiger partial charge >= 0.3 is 0 Å². The van der Waals surface area contributed by atoms with Gasteiger partial charge < -0.3 is 5.32 Å². The van der Waals surface area contributed by atoms with Gasteiger partial charge in [0.15, 0.2) is 0 Å². The van der Waals surface area contributed by atoms with Gasteiger partial charge in [0.1, 0.15) is 5.69 Å². The topological polar surface area (TPSA) is 54.9 Å². The van der Waals surface area contributed by atoms with Crippen molar-refractivity contribution in [2.75, 3.05) is 0 Å². The lowest BCUT2D eigenvalue weighted by atomic mass is 9.89. The number of pyridine rings is 2. The molecule has 2 heterocycles. The quantitative estimate of drug-likeness (QED) is 0.364. The number of hydrogen-bond donors (Lipinski definition) is 1. The van der Waals surface area contributed by atoms with Gasteiger partial charge in [-0.25, -0.2) is 4.98 Å². The first-order valence-corrected chi connectivity index (χ1v) is 11.8.